The highest BCUT2D eigenvalue weighted by Crippen LogP contribution is 2.23. The Morgan fingerprint density at radius 3 is 2.88 bits per heavy atom. The molecule has 16 heavy (non-hydrogen) atoms. The summed E-state index contributed by atoms with van der Waals surface area (Å²) in [6, 6.07) is 0.802. The van der Waals surface area contributed by atoms with Gasteiger partial charge in [-0.2, -0.15) is 0 Å². The van der Waals surface area contributed by atoms with Gasteiger partial charge in [0.25, 0.3) is 0 Å². The molecule has 3 atom stereocenters. The first-order chi connectivity index (χ1) is 7.81. The Balaban J connectivity index is 1.88. The molecule has 2 saturated heterocycles. The van der Waals surface area contributed by atoms with Crippen LogP contribution in [0.1, 0.15) is 39.0 Å². The minimum Gasteiger partial charge on any atom is -0.380 e. The Kier molecular flexibility index (Phi) is 4.62. The van der Waals surface area contributed by atoms with Crippen molar-refractivity contribution < 1.29 is 4.74 Å². The molecular weight excluding hydrogens is 200 g/mol. The molecule has 0 bridgehead atoms. The molecule has 0 saturated carbocycles. The van der Waals surface area contributed by atoms with Gasteiger partial charge in [-0.05, 0) is 44.7 Å². The topological polar surface area (TPSA) is 38.5 Å². The summed E-state index contributed by atoms with van der Waals surface area (Å²) >= 11 is 0. The Hall–Kier alpha value is -0.120. The van der Waals surface area contributed by atoms with Crippen LogP contribution in [0.3, 0.4) is 0 Å². The van der Waals surface area contributed by atoms with E-state index >= 15 is 0 Å². The van der Waals surface area contributed by atoms with E-state index in [4.69, 9.17) is 10.5 Å². The number of rotatable bonds is 2. The summed E-state index contributed by atoms with van der Waals surface area (Å²) in [5.41, 5.74) is 6.21. The molecule has 2 N–H and O–H groups in total. The zero-order valence-electron chi connectivity index (χ0n) is 10.5. The summed E-state index contributed by atoms with van der Waals surface area (Å²) in [6.45, 7) is 6.45. The third-order valence-electron chi connectivity index (χ3n) is 4.31. The van der Waals surface area contributed by atoms with Gasteiger partial charge in [-0.25, -0.2) is 0 Å². The summed E-state index contributed by atoms with van der Waals surface area (Å²) in [6.07, 6.45) is 6.44. The van der Waals surface area contributed by atoms with E-state index in [0.29, 0.717) is 12.1 Å². The highest BCUT2D eigenvalue weighted by molar-refractivity contribution is 4.86. The van der Waals surface area contributed by atoms with Crippen LogP contribution in [0.2, 0.25) is 0 Å². The van der Waals surface area contributed by atoms with Gasteiger partial charge in [0, 0.05) is 18.7 Å². The van der Waals surface area contributed by atoms with E-state index in [9.17, 15) is 0 Å². The van der Waals surface area contributed by atoms with Crippen molar-refractivity contribution in [3.63, 3.8) is 0 Å². The van der Waals surface area contributed by atoms with E-state index in [1.165, 1.54) is 38.8 Å². The molecule has 3 nitrogen and oxygen atoms in total. The predicted molar refractivity (Wildman–Crippen MR) is 66.4 cm³/mol. The van der Waals surface area contributed by atoms with Crippen molar-refractivity contribution in [1.29, 1.82) is 0 Å². The maximum absolute atomic E-state index is 6.21. The van der Waals surface area contributed by atoms with E-state index in [1.54, 1.807) is 0 Å². The lowest BCUT2D eigenvalue weighted by Crippen LogP contribution is -2.53. The van der Waals surface area contributed by atoms with Gasteiger partial charge in [-0.1, -0.05) is 13.3 Å². The normalized spacial score (nSPS) is 38.2. The molecule has 2 fully saturated rings. The molecule has 0 aliphatic carbocycles. The molecular formula is C13H26N2O. The minimum atomic E-state index is 0.326. The van der Waals surface area contributed by atoms with Crippen molar-refractivity contribution in [3.05, 3.63) is 0 Å². The van der Waals surface area contributed by atoms with E-state index in [-0.39, 0.29) is 0 Å². The Morgan fingerprint density at radius 1 is 1.25 bits per heavy atom. The van der Waals surface area contributed by atoms with Crippen LogP contribution in [-0.2, 0) is 4.74 Å². The largest absolute Gasteiger partial charge is 0.380 e. The van der Waals surface area contributed by atoms with E-state index in [0.717, 1.165) is 25.6 Å². The molecule has 94 valence electrons. The fourth-order valence-corrected chi connectivity index (χ4v) is 3.04. The van der Waals surface area contributed by atoms with Gasteiger partial charge >= 0.3 is 0 Å². The van der Waals surface area contributed by atoms with Crippen molar-refractivity contribution in [2.24, 2.45) is 11.7 Å². The van der Waals surface area contributed by atoms with Crippen LogP contribution in [0.4, 0.5) is 0 Å². The van der Waals surface area contributed by atoms with Gasteiger partial charge in [-0.15, -0.1) is 0 Å². The minimum absolute atomic E-state index is 0.326. The van der Waals surface area contributed by atoms with Crippen molar-refractivity contribution in [1.82, 2.24) is 4.90 Å². The molecule has 0 aromatic rings. The van der Waals surface area contributed by atoms with Crippen molar-refractivity contribution in [2.75, 3.05) is 26.3 Å². The quantitative estimate of drug-likeness (QED) is 0.777. The first kappa shape index (κ1) is 12.3. The van der Waals surface area contributed by atoms with Crippen molar-refractivity contribution in [3.8, 4) is 0 Å². The van der Waals surface area contributed by atoms with Gasteiger partial charge in [-0.3, -0.25) is 4.90 Å². The lowest BCUT2D eigenvalue weighted by molar-refractivity contribution is 0.00665. The van der Waals surface area contributed by atoms with Gasteiger partial charge in [0.2, 0.25) is 0 Å². The van der Waals surface area contributed by atoms with E-state index in [2.05, 4.69) is 11.8 Å². The summed E-state index contributed by atoms with van der Waals surface area (Å²) in [7, 11) is 0. The summed E-state index contributed by atoms with van der Waals surface area (Å²) in [5, 5.41) is 0. The van der Waals surface area contributed by atoms with Gasteiger partial charge in [0.1, 0.15) is 0 Å². The fraction of sp³-hybridized carbons (Fsp3) is 1.00. The second-order valence-electron chi connectivity index (χ2n) is 5.34. The van der Waals surface area contributed by atoms with Crippen LogP contribution in [0.15, 0.2) is 0 Å². The third kappa shape index (κ3) is 2.96. The monoisotopic (exact) mass is 226 g/mol. The first-order valence-electron chi connectivity index (χ1n) is 6.88. The fourth-order valence-electron chi connectivity index (χ4n) is 3.04. The zero-order chi connectivity index (χ0) is 11.4. The van der Waals surface area contributed by atoms with Crippen LogP contribution in [0, 0.1) is 5.92 Å². The van der Waals surface area contributed by atoms with E-state index < -0.39 is 0 Å². The molecule has 0 radical (unpaired) electrons. The molecule has 0 aromatic carbocycles. The second kappa shape index (κ2) is 5.99. The Morgan fingerprint density at radius 2 is 2.12 bits per heavy atom. The van der Waals surface area contributed by atoms with Crippen LogP contribution in [0.5, 0.6) is 0 Å². The highest BCUT2D eigenvalue weighted by Gasteiger charge is 2.29. The van der Waals surface area contributed by atoms with Gasteiger partial charge < -0.3 is 10.5 Å². The number of nitrogens with two attached hydrogens (primary N) is 1. The molecule has 2 aliphatic heterocycles. The standard InChI is InChI=1S/C13H26N2O/c1-2-11-4-3-7-15(8-5-11)13-10-16-9-6-12(13)14/h11-13H,2-10,14H2,1H3. The van der Waals surface area contributed by atoms with Gasteiger partial charge in [0.15, 0.2) is 0 Å². The summed E-state index contributed by atoms with van der Waals surface area (Å²) in [4.78, 5) is 2.58. The smallest absolute Gasteiger partial charge is 0.0636 e. The molecule has 3 unspecified atom stereocenters. The van der Waals surface area contributed by atoms with Crippen LogP contribution in [-0.4, -0.2) is 43.3 Å². The number of likely N-dealkylation sites (tertiary alicyclic amines) is 1. The maximum Gasteiger partial charge on any atom is 0.0636 e. The summed E-state index contributed by atoms with van der Waals surface area (Å²) in [5.74, 6) is 0.936. The molecule has 2 heterocycles. The van der Waals surface area contributed by atoms with Crippen molar-refractivity contribution in [2.45, 2.75) is 51.1 Å². The zero-order valence-corrected chi connectivity index (χ0v) is 10.5. The average molecular weight is 226 g/mol. The molecule has 0 spiro atoms. The lowest BCUT2D eigenvalue weighted by atomic mass is 9.98. The third-order valence-corrected chi connectivity index (χ3v) is 4.31. The number of hydrogen-bond donors (Lipinski definition) is 1. The Bertz CT molecular complexity index is 210. The average Bonchev–Trinajstić information content (AvgIpc) is 2.55. The predicted octanol–water partition coefficient (Wildman–Crippen LogP) is 1.61. The lowest BCUT2D eigenvalue weighted by Gasteiger charge is -2.37. The summed E-state index contributed by atoms with van der Waals surface area (Å²) < 4.78 is 5.58. The highest BCUT2D eigenvalue weighted by atomic mass is 16.5. The van der Waals surface area contributed by atoms with Crippen LogP contribution < -0.4 is 5.73 Å². The molecule has 2 aliphatic rings. The molecule has 3 heteroatoms. The van der Waals surface area contributed by atoms with Crippen LogP contribution >= 0.6 is 0 Å². The number of hydrogen-bond acceptors (Lipinski definition) is 3. The Labute approximate surface area is 99.3 Å². The van der Waals surface area contributed by atoms with Crippen molar-refractivity contribution >= 4 is 0 Å². The van der Waals surface area contributed by atoms with Crippen LogP contribution in [0.25, 0.3) is 0 Å². The molecule has 2 rings (SSSR count). The maximum atomic E-state index is 6.21. The molecule has 0 amide bonds. The number of nitrogens with zero attached hydrogens (tertiary/aromatic N) is 1. The first-order valence-corrected chi connectivity index (χ1v) is 6.88. The second-order valence-corrected chi connectivity index (χ2v) is 5.34. The number of ether oxygens (including phenoxy) is 1. The molecule has 0 aromatic heterocycles. The van der Waals surface area contributed by atoms with E-state index in [1.807, 2.05) is 0 Å². The van der Waals surface area contributed by atoms with Gasteiger partial charge in [0.05, 0.1) is 6.61 Å². The SMILES string of the molecule is CCC1CCCN(C2COCCC2N)CC1.